The van der Waals surface area contributed by atoms with Crippen LogP contribution < -0.4 is 10.6 Å². The largest absolute Gasteiger partial charge is 0.381 e. The monoisotopic (exact) mass is 373 g/mol. The van der Waals surface area contributed by atoms with Crippen molar-refractivity contribution in [3.05, 3.63) is 35.9 Å². The first-order valence-electron chi connectivity index (χ1n) is 10.6. The van der Waals surface area contributed by atoms with E-state index in [1.54, 1.807) is 0 Å². The van der Waals surface area contributed by atoms with Crippen LogP contribution in [0.2, 0.25) is 0 Å². The minimum absolute atomic E-state index is 0.0786. The molecule has 0 radical (unpaired) electrons. The Balaban J connectivity index is 1.52. The zero-order chi connectivity index (χ0) is 18.8. The van der Waals surface area contributed by atoms with Crippen molar-refractivity contribution in [2.24, 2.45) is 10.9 Å². The van der Waals surface area contributed by atoms with Crippen molar-refractivity contribution in [2.45, 2.75) is 44.4 Å². The Bertz CT molecular complexity index is 566. The zero-order valence-corrected chi connectivity index (χ0v) is 16.7. The van der Waals surface area contributed by atoms with Crippen LogP contribution in [0, 0.1) is 5.92 Å². The van der Waals surface area contributed by atoms with E-state index in [0.717, 1.165) is 77.2 Å². The molecule has 2 fully saturated rings. The summed E-state index contributed by atoms with van der Waals surface area (Å²) in [4.78, 5) is 4.94. The summed E-state index contributed by atoms with van der Waals surface area (Å²) in [7, 11) is 0. The maximum Gasteiger partial charge on any atom is 0.191 e. The molecule has 0 amide bonds. The summed E-state index contributed by atoms with van der Waals surface area (Å²) in [6, 6.07) is 10.8. The van der Waals surface area contributed by atoms with Crippen molar-refractivity contribution in [2.75, 3.05) is 46.1 Å². The smallest absolute Gasteiger partial charge is 0.191 e. The van der Waals surface area contributed by atoms with Gasteiger partial charge in [0, 0.05) is 44.9 Å². The van der Waals surface area contributed by atoms with Gasteiger partial charge in [0.15, 0.2) is 5.96 Å². The quantitative estimate of drug-likeness (QED) is 0.376. The predicted octanol–water partition coefficient (Wildman–Crippen LogP) is 3.11. The maximum absolute atomic E-state index is 5.71. The molecule has 1 heterocycles. The zero-order valence-electron chi connectivity index (χ0n) is 16.7. The third-order valence-electron chi connectivity index (χ3n) is 5.53. The van der Waals surface area contributed by atoms with E-state index < -0.39 is 0 Å². The number of hydrogen-bond acceptors (Lipinski definition) is 3. The molecule has 5 nitrogen and oxygen atoms in total. The maximum atomic E-state index is 5.71. The number of benzene rings is 1. The van der Waals surface area contributed by atoms with Crippen LogP contribution in [-0.2, 0) is 14.9 Å². The summed E-state index contributed by atoms with van der Waals surface area (Å²) in [5.74, 6) is 1.74. The van der Waals surface area contributed by atoms with Gasteiger partial charge < -0.3 is 20.1 Å². The van der Waals surface area contributed by atoms with E-state index in [4.69, 9.17) is 14.5 Å². The molecule has 5 heteroatoms. The normalized spacial score (nSPS) is 19.7. The molecule has 1 aromatic rings. The van der Waals surface area contributed by atoms with Crippen LogP contribution in [0.3, 0.4) is 0 Å². The number of ether oxygens (including phenoxy) is 2. The molecule has 1 aromatic carbocycles. The summed E-state index contributed by atoms with van der Waals surface area (Å²) >= 11 is 0. The fraction of sp³-hybridized carbons (Fsp3) is 0.682. The molecule has 1 saturated carbocycles. The second-order valence-corrected chi connectivity index (χ2v) is 7.75. The number of nitrogens with zero attached hydrogens (tertiary/aromatic N) is 1. The second-order valence-electron chi connectivity index (χ2n) is 7.75. The molecule has 1 saturated heterocycles. The molecule has 0 spiro atoms. The highest BCUT2D eigenvalue weighted by molar-refractivity contribution is 5.79. The fourth-order valence-corrected chi connectivity index (χ4v) is 3.58. The molecule has 1 aliphatic carbocycles. The first-order chi connectivity index (χ1) is 13.3. The Morgan fingerprint density at radius 1 is 1.19 bits per heavy atom. The van der Waals surface area contributed by atoms with Crippen LogP contribution >= 0.6 is 0 Å². The molecule has 2 N–H and O–H groups in total. The van der Waals surface area contributed by atoms with E-state index in [1.807, 2.05) is 0 Å². The summed E-state index contributed by atoms with van der Waals surface area (Å²) in [6.07, 6.45) is 5.76. The van der Waals surface area contributed by atoms with Gasteiger partial charge in [0.2, 0.25) is 0 Å². The summed E-state index contributed by atoms with van der Waals surface area (Å²) in [5, 5.41) is 6.84. The van der Waals surface area contributed by atoms with E-state index in [1.165, 1.54) is 18.4 Å². The van der Waals surface area contributed by atoms with Crippen molar-refractivity contribution >= 4 is 5.96 Å². The molecule has 0 unspecified atom stereocenters. The van der Waals surface area contributed by atoms with Gasteiger partial charge in [0.1, 0.15) is 0 Å². The highest BCUT2D eigenvalue weighted by Crippen LogP contribution is 2.35. The molecule has 150 valence electrons. The number of rotatable bonds is 10. The minimum atomic E-state index is 0.0786. The summed E-state index contributed by atoms with van der Waals surface area (Å²) < 4.78 is 11.3. The van der Waals surface area contributed by atoms with Crippen LogP contribution in [0.25, 0.3) is 0 Å². The molecule has 1 aliphatic heterocycles. The third kappa shape index (κ3) is 6.51. The van der Waals surface area contributed by atoms with Gasteiger partial charge in [-0.25, -0.2) is 0 Å². The van der Waals surface area contributed by atoms with Gasteiger partial charge in [-0.3, -0.25) is 4.99 Å². The molecule has 0 bridgehead atoms. The van der Waals surface area contributed by atoms with Gasteiger partial charge in [-0.15, -0.1) is 0 Å². The lowest BCUT2D eigenvalue weighted by Crippen LogP contribution is -2.41. The summed E-state index contributed by atoms with van der Waals surface area (Å²) in [5.41, 5.74) is 1.45. The van der Waals surface area contributed by atoms with Gasteiger partial charge >= 0.3 is 0 Å². The van der Waals surface area contributed by atoms with Crippen LogP contribution in [0.5, 0.6) is 0 Å². The van der Waals surface area contributed by atoms with Gasteiger partial charge in [0.25, 0.3) is 0 Å². The van der Waals surface area contributed by atoms with Gasteiger partial charge in [-0.05, 0) is 50.5 Å². The van der Waals surface area contributed by atoms with E-state index in [-0.39, 0.29) is 5.41 Å². The van der Waals surface area contributed by atoms with Crippen molar-refractivity contribution < 1.29 is 9.47 Å². The fourth-order valence-electron chi connectivity index (χ4n) is 3.58. The SMILES string of the molecule is CCNC(=NCC1(c2ccccc2)CCOCC1)NCCCOCC1CC1. The molecule has 3 rings (SSSR count). The average molecular weight is 374 g/mol. The lowest BCUT2D eigenvalue weighted by Gasteiger charge is -2.36. The van der Waals surface area contributed by atoms with Crippen LogP contribution in [0.15, 0.2) is 35.3 Å². The second kappa shape index (κ2) is 10.7. The number of guanidine groups is 1. The highest BCUT2D eigenvalue weighted by Gasteiger charge is 2.34. The standard InChI is InChI=1S/C22H35N3O2/c1-2-23-21(24-13-6-14-27-17-19-9-10-19)25-18-22(11-15-26-16-12-22)20-7-4-3-5-8-20/h3-5,7-8,19H,2,6,9-18H2,1H3,(H2,23,24,25). The van der Waals surface area contributed by atoms with Crippen molar-refractivity contribution in [3.8, 4) is 0 Å². The Hall–Kier alpha value is -1.59. The predicted molar refractivity (Wildman–Crippen MR) is 110 cm³/mol. The Morgan fingerprint density at radius 3 is 2.67 bits per heavy atom. The van der Waals surface area contributed by atoms with Crippen LogP contribution in [0.1, 0.15) is 44.6 Å². The van der Waals surface area contributed by atoms with E-state index in [2.05, 4.69) is 47.9 Å². The molecular formula is C22H35N3O2. The highest BCUT2D eigenvalue weighted by atomic mass is 16.5. The molecule has 0 aromatic heterocycles. The van der Waals surface area contributed by atoms with Crippen molar-refractivity contribution in [1.82, 2.24) is 10.6 Å². The van der Waals surface area contributed by atoms with Crippen LogP contribution in [-0.4, -0.2) is 52.0 Å². The van der Waals surface area contributed by atoms with E-state index >= 15 is 0 Å². The number of aliphatic imine (C=N–C) groups is 1. The molecule has 27 heavy (non-hydrogen) atoms. The number of nitrogens with one attached hydrogen (secondary N) is 2. The molecular weight excluding hydrogens is 338 g/mol. The van der Waals surface area contributed by atoms with Gasteiger partial charge in [-0.2, -0.15) is 0 Å². The molecule has 2 aliphatic rings. The third-order valence-corrected chi connectivity index (χ3v) is 5.53. The van der Waals surface area contributed by atoms with E-state index in [9.17, 15) is 0 Å². The Kier molecular flexibility index (Phi) is 7.96. The Morgan fingerprint density at radius 2 is 1.96 bits per heavy atom. The topological polar surface area (TPSA) is 54.9 Å². The van der Waals surface area contributed by atoms with Gasteiger partial charge in [-0.1, -0.05) is 30.3 Å². The van der Waals surface area contributed by atoms with Gasteiger partial charge in [0.05, 0.1) is 6.54 Å². The lowest BCUT2D eigenvalue weighted by molar-refractivity contribution is 0.0531. The first kappa shape index (κ1) is 20.2. The van der Waals surface area contributed by atoms with Crippen LogP contribution in [0.4, 0.5) is 0 Å². The minimum Gasteiger partial charge on any atom is -0.381 e. The average Bonchev–Trinajstić information content (AvgIpc) is 3.54. The summed E-state index contributed by atoms with van der Waals surface area (Å²) in [6.45, 7) is 8.04. The lowest BCUT2D eigenvalue weighted by atomic mass is 9.74. The van der Waals surface area contributed by atoms with E-state index in [0.29, 0.717) is 0 Å². The Labute approximate surface area is 163 Å². The van der Waals surface area contributed by atoms with Crippen molar-refractivity contribution in [3.63, 3.8) is 0 Å². The first-order valence-corrected chi connectivity index (χ1v) is 10.6. The number of hydrogen-bond donors (Lipinski definition) is 2. The molecule has 0 atom stereocenters. The van der Waals surface area contributed by atoms with Crippen molar-refractivity contribution in [1.29, 1.82) is 0 Å².